The van der Waals surface area contributed by atoms with Gasteiger partial charge in [0.2, 0.25) is 5.89 Å². The normalized spacial score (nSPS) is 10.4. The topological polar surface area (TPSA) is 84.7 Å². The van der Waals surface area contributed by atoms with E-state index in [0.29, 0.717) is 30.3 Å². The number of hydrogen-bond acceptors (Lipinski definition) is 5. The number of amides is 2. The highest BCUT2D eigenvalue weighted by atomic mass is 16.5. The zero-order chi connectivity index (χ0) is 18.9. The number of benzene rings is 1. The fourth-order valence-electron chi connectivity index (χ4n) is 2.42. The summed E-state index contributed by atoms with van der Waals surface area (Å²) in [7, 11) is 1.58. The van der Waals surface area contributed by atoms with E-state index in [4.69, 9.17) is 9.15 Å². The predicted molar refractivity (Wildman–Crippen MR) is 97.2 cm³/mol. The highest BCUT2D eigenvalue weighted by Crippen LogP contribution is 2.15. The molecule has 2 rings (SSSR count). The highest BCUT2D eigenvalue weighted by molar-refractivity contribution is 5.94. The van der Waals surface area contributed by atoms with E-state index >= 15 is 0 Å². The standard InChI is InChI=1S/C19H25N3O4/c1-4-10-20-18(23)16-13-26-17(21-16)12-22(11-5-2)19(24)14-6-8-15(25-3)9-7-14/h6-9,13H,4-5,10-12H2,1-3H3,(H,20,23). The monoisotopic (exact) mass is 359 g/mol. The maximum Gasteiger partial charge on any atom is 0.273 e. The van der Waals surface area contributed by atoms with Crippen LogP contribution < -0.4 is 10.1 Å². The van der Waals surface area contributed by atoms with E-state index in [1.54, 1.807) is 36.3 Å². The third-order valence-corrected chi connectivity index (χ3v) is 3.76. The first-order chi connectivity index (χ1) is 12.6. The van der Waals surface area contributed by atoms with Gasteiger partial charge in [-0.2, -0.15) is 0 Å². The molecule has 0 aliphatic rings. The number of carbonyl (C=O) groups excluding carboxylic acids is 2. The lowest BCUT2D eigenvalue weighted by molar-refractivity contribution is 0.0728. The van der Waals surface area contributed by atoms with Crippen molar-refractivity contribution in [3.63, 3.8) is 0 Å². The Kier molecular flexibility index (Phi) is 7.20. The summed E-state index contributed by atoms with van der Waals surface area (Å²) < 4.78 is 10.5. The zero-order valence-electron chi connectivity index (χ0n) is 15.4. The summed E-state index contributed by atoms with van der Waals surface area (Å²) in [4.78, 5) is 30.5. The molecule has 0 bridgehead atoms. The fourth-order valence-corrected chi connectivity index (χ4v) is 2.42. The summed E-state index contributed by atoms with van der Waals surface area (Å²) in [6.45, 7) is 5.32. The van der Waals surface area contributed by atoms with Crippen molar-refractivity contribution in [1.29, 1.82) is 0 Å². The van der Waals surface area contributed by atoms with Crippen LogP contribution in [0.3, 0.4) is 0 Å². The van der Waals surface area contributed by atoms with Crippen molar-refractivity contribution in [2.45, 2.75) is 33.2 Å². The summed E-state index contributed by atoms with van der Waals surface area (Å²) in [5, 5.41) is 2.75. The average Bonchev–Trinajstić information content (AvgIpc) is 3.14. The molecule has 1 aromatic carbocycles. The van der Waals surface area contributed by atoms with Crippen LogP contribution in [0.15, 0.2) is 34.9 Å². The molecular weight excluding hydrogens is 334 g/mol. The molecule has 1 heterocycles. The molecule has 1 N–H and O–H groups in total. The molecule has 0 atom stereocenters. The minimum atomic E-state index is -0.273. The SMILES string of the molecule is CCCNC(=O)c1coc(CN(CCC)C(=O)c2ccc(OC)cc2)n1. The van der Waals surface area contributed by atoms with Gasteiger partial charge in [0, 0.05) is 18.7 Å². The Balaban J connectivity index is 2.08. The number of ether oxygens (including phenoxy) is 1. The molecule has 0 aliphatic carbocycles. The summed E-state index contributed by atoms with van der Waals surface area (Å²) >= 11 is 0. The molecule has 7 heteroatoms. The summed E-state index contributed by atoms with van der Waals surface area (Å²) in [6.07, 6.45) is 2.96. The number of aromatic nitrogens is 1. The van der Waals surface area contributed by atoms with E-state index in [2.05, 4.69) is 10.3 Å². The molecule has 0 saturated heterocycles. The van der Waals surface area contributed by atoms with E-state index in [9.17, 15) is 9.59 Å². The van der Waals surface area contributed by atoms with E-state index in [0.717, 1.165) is 12.8 Å². The van der Waals surface area contributed by atoms with Gasteiger partial charge >= 0.3 is 0 Å². The summed E-state index contributed by atoms with van der Waals surface area (Å²) in [6, 6.07) is 6.95. The first-order valence-electron chi connectivity index (χ1n) is 8.75. The predicted octanol–water partition coefficient (Wildman–Crippen LogP) is 2.88. The largest absolute Gasteiger partial charge is 0.497 e. The number of nitrogens with one attached hydrogen (secondary N) is 1. The molecule has 7 nitrogen and oxygen atoms in total. The van der Waals surface area contributed by atoms with E-state index in [-0.39, 0.29) is 24.1 Å². The Morgan fingerprint density at radius 2 is 1.92 bits per heavy atom. The number of rotatable bonds is 9. The molecule has 0 spiro atoms. The zero-order valence-corrected chi connectivity index (χ0v) is 15.4. The Morgan fingerprint density at radius 1 is 1.19 bits per heavy atom. The van der Waals surface area contributed by atoms with Crippen molar-refractivity contribution in [3.8, 4) is 5.75 Å². The minimum Gasteiger partial charge on any atom is -0.497 e. The van der Waals surface area contributed by atoms with Crippen LogP contribution in [0.2, 0.25) is 0 Å². The van der Waals surface area contributed by atoms with Crippen LogP contribution in [0.5, 0.6) is 5.75 Å². The first-order valence-corrected chi connectivity index (χ1v) is 8.75. The molecule has 0 unspecified atom stereocenters. The average molecular weight is 359 g/mol. The van der Waals surface area contributed by atoms with Crippen LogP contribution >= 0.6 is 0 Å². The van der Waals surface area contributed by atoms with Gasteiger partial charge in [-0.15, -0.1) is 0 Å². The van der Waals surface area contributed by atoms with E-state index in [1.807, 2.05) is 13.8 Å². The second-order valence-corrected chi connectivity index (χ2v) is 5.84. The van der Waals surface area contributed by atoms with E-state index < -0.39 is 0 Å². The molecule has 2 aromatic rings. The minimum absolute atomic E-state index is 0.121. The highest BCUT2D eigenvalue weighted by Gasteiger charge is 2.19. The summed E-state index contributed by atoms with van der Waals surface area (Å²) in [5.41, 5.74) is 0.786. The van der Waals surface area contributed by atoms with Gasteiger partial charge in [-0.1, -0.05) is 13.8 Å². The Morgan fingerprint density at radius 3 is 2.54 bits per heavy atom. The van der Waals surface area contributed by atoms with E-state index in [1.165, 1.54) is 6.26 Å². The van der Waals surface area contributed by atoms with Crippen molar-refractivity contribution >= 4 is 11.8 Å². The molecule has 1 aromatic heterocycles. The van der Waals surface area contributed by atoms with Gasteiger partial charge in [-0.25, -0.2) is 4.98 Å². The van der Waals surface area contributed by atoms with Crippen molar-refractivity contribution in [1.82, 2.24) is 15.2 Å². The second-order valence-electron chi connectivity index (χ2n) is 5.84. The van der Waals surface area contributed by atoms with Gasteiger partial charge < -0.3 is 19.4 Å². The van der Waals surface area contributed by atoms with Gasteiger partial charge in [0.15, 0.2) is 5.69 Å². The molecule has 26 heavy (non-hydrogen) atoms. The van der Waals surface area contributed by atoms with Gasteiger partial charge in [0.1, 0.15) is 12.0 Å². The number of methoxy groups -OCH3 is 1. The number of hydrogen-bond donors (Lipinski definition) is 1. The van der Waals surface area contributed by atoms with Crippen LogP contribution in [-0.2, 0) is 6.54 Å². The molecule has 140 valence electrons. The number of carbonyl (C=O) groups is 2. The lowest BCUT2D eigenvalue weighted by Crippen LogP contribution is -2.31. The molecule has 0 aliphatic heterocycles. The van der Waals surface area contributed by atoms with Gasteiger partial charge in [-0.3, -0.25) is 9.59 Å². The lowest BCUT2D eigenvalue weighted by Gasteiger charge is -2.20. The van der Waals surface area contributed by atoms with Gasteiger partial charge in [-0.05, 0) is 37.1 Å². The van der Waals surface area contributed by atoms with Crippen LogP contribution in [0.25, 0.3) is 0 Å². The Bertz CT molecular complexity index is 725. The van der Waals surface area contributed by atoms with Crippen LogP contribution in [-0.4, -0.2) is 41.9 Å². The van der Waals surface area contributed by atoms with Crippen LogP contribution in [0, 0.1) is 0 Å². The smallest absolute Gasteiger partial charge is 0.273 e. The van der Waals surface area contributed by atoms with Crippen molar-refractivity contribution in [2.75, 3.05) is 20.2 Å². The maximum atomic E-state index is 12.8. The third-order valence-electron chi connectivity index (χ3n) is 3.76. The van der Waals surface area contributed by atoms with Gasteiger partial charge in [0.25, 0.3) is 11.8 Å². The van der Waals surface area contributed by atoms with Crippen molar-refractivity contribution in [3.05, 3.63) is 47.7 Å². The second kappa shape index (κ2) is 9.60. The molecule has 2 amide bonds. The summed E-state index contributed by atoms with van der Waals surface area (Å²) in [5.74, 6) is 0.635. The Hall–Kier alpha value is -2.83. The molecular formula is C19H25N3O4. The molecule has 0 fully saturated rings. The number of oxazole rings is 1. The lowest BCUT2D eigenvalue weighted by atomic mass is 10.2. The Labute approximate surface area is 153 Å². The molecule has 0 radical (unpaired) electrons. The van der Waals surface area contributed by atoms with Gasteiger partial charge in [0.05, 0.1) is 13.7 Å². The van der Waals surface area contributed by atoms with Crippen molar-refractivity contribution in [2.24, 2.45) is 0 Å². The quantitative estimate of drug-likeness (QED) is 0.744. The number of nitrogens with zero attached hydrogens (tertiary/aromatic N) is 2. The van der Waals surface area contributed by atoms with Crippen LogP contribution in [0.4, 0.5) is 0 Å². The first kappa shape index (κ1) is 19.5. The van der Waals surface area contributed by atoms with Crippen molar-refractivity contribution < 1.29 is 18.7 Å². The van der Waals surface area contributed by atoms with Crippen LogP contribution in [0.1, 0.15) is 53.4 Å². The third kappa shape index (κ3) is 5.08. The molecule has 0 saturated carbocycles. The maximum absolute atomic E-state index is 12.8. The fraction of sp³-hybridized carbons (Fsp3) is 0.421.